The van der Waals surface area contributed by atoms with Crippen LogP contribution < -0.4 is 0 Å². The van der Waals surface area contributed by atoms with Gasteiger partial charge in [0.1, 0.15) is 11.8 Å². The summed E-state index contributed by atoms with van der Waals surface area (Å²) in [4.78, 5) is 12.4. The lowest BCUT2D eigenvalue weighted by Gasteiger charge is -1.99. The lowest BCUT2D eigenvalue weighted by Crippen LogP contribution is -1.93. The van der Waals surface area contributed by atoms with Gasteiger partial charge in [-0.05, 0) is 0 Å². The van der Waals surface area contributed by atoms with Gasteiger partial charge in [0, 0.05) is 5.56 Å². The molecule has 0 saturated carbocycles. The Hall–Kier alpha value is -2.43. The molecule has 0 bridgehead atoms. The normalized spacial score (nSPS) is 10.8. The van der Waals surface area contributed by atoms with Crippen molar-refractivity contribution in [2.24, 2.45) is 0 Å². The van der Waals surface area contributed by atoms with Crippen molar-refractivity contribution in [3.05, 3.63) is 42.9 Å². The van der Waals surface area contributed by atoms with Gasteiger partial charge in [0.15, 0.2) is 11.5 Å². The fourth-order valence-corrected chi connectivity index (χ4v) is 1.52. The molecule has 2 aromatic heterocycles. The van der Waals surface area contributed by atoms with Crippen LogP contribution in [-0.4, -0.2) is 24.9 Å². The number of fused-ring (bicyclic) bond motifs is 1. The zero-order chi connectivity index (χ0) is 11.0. The molecule has 0 aliphatic carbocycles. The first-order valence-corrected chi connectivity index (χ1v) is 4.79. The monoisotopic (exact) mass is 212 g/mol. The third-order valence-corrected chi connectivity index (χ3v) is 2.31. The maximum atomic E-state index is 9.45. The summed E-state index contributed by atoms with van der Waals surface area (Å²) in [6.45, 7) is 0. The Morgan fingerprint density at radius 1 is 1.06 bits per heavy atom. The minimum Gasteiger partial charge on any atom is -0.425 e. The van der Waals surface area contributed by atoms with E-state index in [1.165, 1.54) is 6.33 Å². The summed E-state index contributed by atoms with van der Waals surface area (Å²) in [5.41, 5.74) is 1.89. The molecule has 5 heteroatoms. The molecule has 16 heavy (non-hydrogen) atoms. The van der Waals surface area contributed by atoms with Crippen molar-refractivity contribution in [2.45, 2.75) is 0 Å². The van der Waals surface area contributed by atoms with Crippen molar-refractivity contribution in [1.29, 1.82) is 0 Å². The summed E-state index contributed by atoms with van der Waals surface area (Å²) >= 11 is 0. The molecule has 0 fully saturated rings. The third kappa shape index (κ3) is 1.30. The van der Waals surface area contributed by atoms with Crippen molar-refractivity contribution in [3.8, 4) is 11.4 Å². The van der Waals surface area contributed by atoms with E-state index in [0.29, 0.717) is 17.0 Å². The van der Waals surface area contributed by atoms with E-state index in [9.17, 15) is 5.21 Å². The maximum Gasteiger partial charge on any atom is 0.199 e. The van der Waals surface area contributed by atoms with E-state index >= 15 is 0 Å². The Morgan fingerprint density at radius 2 is 1.88 bits per heavy atom. The minimum atomic E-state index is 0.411. The van der Waals surface area contributed by atoms with Crippen LogP contribution in [0.5, 0.6) is 0 Å². The first-order chi connectivity index (χ1) is 7.84. The van der Waals surface area contributed by atoms with E-state index in [1.807, 2.05) is 30.3 Å². The molecule has 1 aromatic carbocycles. The predicted molar refractivity (Wildman–Crippen MR) is 57.9 cm³/mol. The summed E-state index contributed by atoms with van der Waals surface area (Å²) in [6.07, 6.45) is 2.89. The first kappa shape index (κ1) is 8.84. The van der Waals surface area contributed by atoms with Crippen molar-refractivity contribution in [3.63, 3.8) is 0 Å². The summed E-state index contributed by atoms with van der Waals surface area (Å²) in [6, 6.07) is 9.59. The molecular weight excluding hydrogens is 204 g/mol. The Kier molecular flexibility index (Phi) is 1.83. The molecule has 3 rings (SSSR count). The van der Waals surface area contributed by atoms with Crippen LogP contribution in [0.4, 0.5) is 0 Å². The molecule has 0 atom stereocenters. The quantitative estimate of drug-likeness (QED) is 0.624. The lowest BCUT2D eigenvalue weighted by atomic mass is 10.2. The van der Waals surface area contributed by atoms with Gasteiger partial charge in [-0.2, -0.15) is 4.73 Å². The van der Waals surface area contributed by atoms with E-state index < -0.39 is 0 Å². The zero-order valence-electron chi connectivity index (χ0n) is 8.28. The average molecular weight is 212 g/mol. The molecular formula is C11H8N4O. The summed E-state index contributed by atoms with van der Waals surface area (Å²) in [5, 5.41) is 9.45. The first-order valence-electron chi connectivity index (χ1n) is 4.79. The van der Waals surface area contributed by atoms with Gasteiger partial charge in [0.2, 0.25) is 0 Å². The van der Waals surface area contributed by atoms with Gasteiger partial charge in [-0.1, -0.05) is 30.3 Å². The number of rotatable bonds is 1. The number of hydrogen-bond donors (Lipinski definition) is 1. The highest BCUT2D eigenvalue weighted by Crippen LogP contribution is 2.16. The van der Waals surface area contributed by atoms with Crippen molar-refractivity contribution >= 4 is 11.2 Å². The molecule has 1 N–H and O–H groups in total. The van der Waals surface area contributed by atoms with Crippen molar-refractivity contribution < 1.29 is 5.21 Å². The van der Waals surface area contributed by atoms with Crippen LogP contribution in [0.1, 0.15) is 0 Å². The smallest absolute Gasteiger partial charge is 0.199 e. The van der Waals surface area contributed by atoms with Crippen LogP contribution in [0, 0.1) is 0 Å². The second-order valence-corrected chi connectivity index (χ2v) is 3.36. The van der Waals surface area contributed by atoms with Crippen molar-refractivity contribution in [2.75, 3.05) is 0 Å². The van der Waals surface area contributed by atoms with Gasteiger partial charge < -0.3 is 5.21 Å². The molecule has 2 heterocycles. The van der Waals surface area contributed by atoms with Crippen molar-refractivity contribution in [1.82, 2.24) is 19.7 Å². The standard InChI is InChI=1S/C11H8N4O/c16-15-7-13-9-6-12-10(14-11(9)15)8-4-2-1-3-5-8/h1-7,16H. The Labute approximate surface area is 91.0 Å². The van der Waals surface area contributed by atoms with E-state index in [2.05, 4.69) is 15.0 Å². The number of hydrogen-bond acceptors (Lipinski definition) is 4. The maximum absolute atomic E-state index is 9.45. The minimum absolute atomic E-state index is 0.411. The van der Waals surface area contributed by atoms with Gasteiger partial charge in [-0.3, -0.25) is 0 Å². The van der Waals surface area contributed by atoms with Gasteiger partial charge in [-0.15, -0.1) is 0 Å². The summed E-state index contributed by atoms with van der Waals surface area (Å²) in [7, 11) is 0. The molecule has 0 amide bonds. The van der Waals surface area contributed by atoms with Crippen LogP contribution in [-0.2, 0) is 0 Å². The number of benzene rings is 1. The third-order valence-electron chi connectivity index (χ3n) is 2.31. The largest absolute Gasteiger partial charge is 0.425 e. The average Bonchev–Trinajstić information content (AvgIpc) is 2.72. The highest BCUT2D eigenvalue weighted by molar-refractivity contribution is 5.72. The van der Waals surface area contributed by atoms with Crippen LogP contribution in [0.2, 0.25) is 0 Å². The second kappa shape index (κ2) is 3.30. The van der Waals surface area contributed by atoms with E-state index in [-0.39, 0.29) is 0 Å². The summed E-state index contributed by atoms with van der Waals surface area (Å²) in [5.74, 6) is 0.573. The van der Waals surface area contributed by atoms with Crippen LogP contribution in [0.15, 0.2) is 42.9 Å². The van der Waals surface area contributed by atoms with Gasteiger partial charge >= 0.3 is 0 Å². The van der Waals surface area contributed by atoms with Gasteiger partial charge in [-0.25, -0.2) is 15.0 Å². The fourth-order valence-electron chi connectivity index (χ4n) is 1.52. The van der Waals surface area contributed by atoms with Crippen LogP contribution in [0.25, 0.3) is 22.6 Å². The van der Waals surface area contributed by atoms with E-state index in [1.54, 1.807) is 6.20 Å². The van der Waals surface area contributed by atoms with Crippen LogP contribution in [0.3, 0.4) is 0 Å². The molecule has 0 aliphatic heterocycles. The molecule has 3 aromatic rings. The molecule has 0 aliphatic rings. The molecule has 0 saturated heterocycles. The number of nitrogens with zero attached hydrogens (tertiary/aromatic N) is 4. The molecule has 78 valence electrons. The zero-order valence-corrected chi connectivity index (χ0v) is 8.28. The SMILES string of the molecule is On1cnc2cnc(-c3ccccc3)nc21. The van der Waals surface area contributed by atoms with Gasteiger partial charge in [0.05, 0.1) is 6.20 Å². The molecule has 0 unspecified atom stereocenters. The van der Waals surface area contributed by atoms with E-state index in [0.717, 1.165) is 10.3 Å². The second-order valence-electron chi connectivity index (χ2n) is 3.36. The molecule has 0 radical (unpaired) electrons. The van der Waals surface area contributed by atoms with E-state index in [4.69, 9.17) is 0 Å². The predicted octanol–water partition coefficient (Wildman–Crippen LogP) is 1.73. The number of imidazole rings is 1. The van der Waals surface area contributed by atoms with Gasteiger partial charge in [0.25, 0.3) is 0 Å². The molecule has 0 spiro atoms. The highest BCUT2D eigenvalue weighted by atomic mass is 16.5. The fraction of sp³-hybridized carbons (Fsp3) is 0. The summed E-state index contributed by atoms with van der Waals surface area (Å²) < 4.78 is 0.892. The number of aromatic nitrogens is 4. The Bertz CT molecular complexity index is 633. The van der Waals surface area contributed by atoms with Crippen LogP contribution >= 0.6 is 0 Å². The highest BCUT2D eigenvalue weighted by Gasteiger charge is 2.06. The lowest BCUT2D eigenvalue weighted by molar-refractivity contribution is 0.196. The Balaban J connectivity index is 2.22. The topological polar surface area (TPSA) is 63.8 Å². The molecule has 5 nitrogen and oxygen atoms in total. The Morgan fingerprint density at radius 3 is 2.69 bits per heavy atom.